The SMILES string of the molecule is COc1ccccc1N1CCN(CCC(=O)c2cn(-c3ccc(F)cc3)c3ccccc23)CC1. The largest absolute Gasteiger partial charge is 0.495 e. The Morgan fingerprint density at radius 2 is 1.62 bits per heavy atom. The number of fused-ring (bicyclic) bond motifs is 1. The van der Waals surface area contributed by atoms with Crippen LogP contribution in [0.1, 0.15) is 16.8 Å². The average Bonchev–Trinajstić information content (AvgIpc) is 3.28. The molecule has 1 saturated heterocycles. The number of para-hydroxylation sites is 3. The number of anilines is 1. The molecule has 4 aromatic rings. The molecule has 1 aromatic heterocycles. The molecule has 0 spiro atoms. The van der Waals surface area contributed by atoms with Crippen LogP contribution in [-0.2, 0) is 0 Å². The maximum Gasteiger partial charge on any atom is 0.166 e. The Bertz CT molecular complexity index is 1290. The lowest BCUT2D eigenvalue weighted by Crippen LogP contribution is -2.47. The summed E-state index contributed by atoms with van der Waals surface area (Å²) in [5, 5.41) is 0.929. The highest BCUT2D eigenvalue weighted by atomic mass is 19.1. The molecule has 0 amide bonds. The Hall–Kier alpha value is -3.64. The van der Waals surface area contributed by atoms with E-state index in [9.17, 15) is 9.18 Å². The summed E-state index contributed by atoms with van der Waals surface area (Å²) < 4.78 is 20.9. The number of ether oxygens (including phenoxy) is 1. The molecule has 5 nitrogen and oxygen atoms in total. The topological polar surface area (TPSA) is 37.7 Å². The molecule has 1 fully saturated rings. The number of benzene rings is 3. The lowest BCUT2D eigenvalue weighted by atomic mass is 10.1. The first-order chi connectivity index (χ1) is 16.6. The molecule has 3 aromatic carbocycles. The predicted molar refractivity (Wildman–Crippen MR) is 134 cm³/mol. The number of hydrogen-bond donors (Lipinski definition) is 0. The summed E-state index contributed by atoms with van der Waals surface area (Å²) in [5.41, 5.74) is 3.62. The number of carbonyl (C=O) groups is 1. The summed E-state index contributed by atoms with van der Waals surface area (Å²) in [5.74, 6) is 0.746. The minimum atomic E-state index is -0.276. The number of rotatable bonds is 7. The van der Waals surface area contributed by atoms with Crippen molar-refractivity contribution in [2.24, 2.45) is 0 Å². The van der Waals surface area contributed by atoms with Crippen molar-refractivity contribution in [3.8, 4) is 11.4 Å². The van der Waals surface area contributed by atoms with Gasteiger partial charge in [0.1, 0.15) is 11.6 Å². The fourth-order valence-corrected chi connectivity index (χ4v) is 4.71. The molecule has 1 aliphatic heterocycles. The fraction of sp³-hybridized carbons (Fsp3) is 0.250. The van der Waals surface area contributed by atoms with Crippen molar-refractivity contribution >= 4 is 22.4 Å². The van der Waals surface area contributed by atoms with Gasteiger partial charge in [-0.1, -0.05) is 30.3 Å². The fourth-order valence-electron chi connectivity index (χ4n) is 4.71. The van der Waals surface area contributed by atoms with Crippen molar-refractivity contribution in [2.75, 3.05) is 44.7 Å². The summed E-state index contributed by atoms with van der Waals surface area (Å²) in [6.45, 7) is 4.34. The second kappa shape index (κ2) is 9.69. The Kier molecular flexibility index (Phi) is 6.32. The van der Waals surface area contributed by atoms with Gasteiger partial charge in [-0.2, -0.15) is 0 Å². The zero-order chi connectivity index (χ0) is 23.5. The molecule has 0 atom stereocenters. The summed E-state index contributed by atoms with van der Waals surface area (Å²) in [6.07, 6.45) is 2.35. The molecular weight excluding hydrogens is 429 g/mol. The van der Waals surface area contributed by atoms with Gasteiger partial charge >= 0.3 is 0 Å². The van der Waals surface area contributed by atoms with Crippen molar-refractivity contribution in [1.82, 2.24) is 9.47 Å². The molecule has 34 heavy (non-hydrogen) atoms. The van der Waals surface area contributed by atoms with Crippen LogP contribution in [-0.4, -0.2) is 55.1 Å². The third-order valence-electron chi connectivity index (χ3n) is 6.57. The number of nitrogens with zero attached hydrogens (tertiary/aromatic N) is 3. The first-order valence-corrected chi connectivity index (χ1v) is 11.6. The van der Waals surface area contributed by atoms with Gasteiger partial charge in [0.15, 0.2) is 5.78 Å². The Balaban J connectivity index is 1.26. The Labute approximate surface area is 199 Å². The molecule has 0 aliphatic carbocycles. The van der Waals surface area contributed by atoms with E-state index in [1.165, 1.54) is 12.1 Å². The molecule has 5 rings (SSSR count). The maximum atomic E-state index is 13.4. The van der Waals surface area contributed by atoms with E-state index in [1.807, 2.05) is 53.2 Å². The third kappa shape index (κ3) is 4.41. The molecule has 6 heteroatoms. The van der Waals surface area contributed by atoms with Gasteiger partial charge in [0.2, 0.25) is 0 Å². The van der Waals surface area contributed by atoms with E-state index >= 15 is 0 Å². The van der Waals surface area contributed by atoms with Crippen LogP contribution in [0.25, 0.3) is 16.6 Å². The zero-order valence-electron chi connectivity index (χ0n) is 19.3. The minimum absolute atomic E-state index is 0.129. The van der Waals surface area contributed by atoms with Crippen molar-refractivity contribution in [3.05, 3.63) is 90.4 Å². The molecule has 1 aliphatic rings. The summed E-state index contributed by atoms with van der Waals surface area (Å²) in [7, 11) is 1.70. The monoisotopic (exact) mass is 457 g/mol. The molecule has 0 unspecified atom stereocenters. The van der Waals surface area contributed by atoms with Crippen LogP contribution in [0.4, 0.5) is 10.1 Å². The van der Waals surface area contributed by atoms with E-state index in [1.54, 1.807) is 19.2 Å². The van der Waals surface area contributed by atoms with Gasteiger partial charge in [-0.25, -0.2) is 4.39 Å². The first kappa shape index (κ1) is 22.2. The number of halogens is 1. The van der Waals surface area contributed by atoms with Gasteiger partial charge in [-0.3, -0.25) is 9.69 Å². The van der Waals surface area contributed by atoms with Crippen LogP contribution in [0.2, 0.25) is 0 Å². The van der Waals surface area contributed by atoms with Crippen LogP contribution in [0, 0.1) is 5.82 Å². The quantitative estimate of drug-likeness (QED) is 0.359. The van der Waals surface area contributed by atoms with Crippen LogP contribution < -0.4 is 9.64 Å². The number of Topliss-reactive ketones (excluding diaryl/α,β-unsaturated/α-hetero) is 1. The Morgan fingerprint density at radius 1 is 0.912 bits per heavy atom. The van der Waals surface area contributed by atoms with Crippen LogP contribution >= 0.6 is 0 Å². The highest BCUT2D eigenvalue weighted by Crippen LogP contribution is 2.29. The number of aromatic nitrogens is 1. The minimum Gasteiger partial charge on any atom is -0.495 e. The van der Waals surface area contributed by atoms with Gasteiger partial charge in [0.05, 0.1) is 18.3 Å². The molecule has 2 heterocycles. The summed E-state index contributed by atoms with van der Waals surface area (Å²) in [6, 6.07) is 22.3. The smallest absolute Gasteiger partial charge is 0.166 e. The third-order valence-corrected chi connectivity index (χ3v) is 6.57. The lowest BCUT2D eigenvalue weighted by molar-refractivity contribution is 0.0964. The molecule has 0 N–H and O–H groups in total. The van der Waals surface area contributed by atoms with Gasteiger partial charge < -0.3 is 14.2 Å². The standard InChI is InChI=1S/C28H28FN3O2/c1-34-28-9-5-4-8-26(28)31-18-16-30(17-19-31)15-14-27(33)24-20-32(22-12-10-21(29)11-13-22)25-7-3-2-6-23(24)25/h2-13,20H,14-19H2,1H3. The van der Waals surface area contributed by atoms with Crippen LogP contribution in [0.15, 0.2) is 79.0 Å². The van der Waals surface area contributed by atoms with Crippen molar-refractivity contribution in [2.45, 2.75) is 6.42 Å². The summed E-state index contributed by atoms with van der Waals surface area (Å²) >= 11 is 0. The van der Waals surface area contributed by atoms with Crippen LogP contribution in [0.5, 0.6) is 5.75 Å². The maximum absolute atomic E-state index is 13.4. The van der Waals surface area contributed by atoms with E-state index in [0.29, 0.717) is 12.0 Å². The van der Waals surface area contributed by atoms with Gasteiger partial charge in [-0.15, -0.1) is 0 Å². The van der Waals surface area contributed by atoms with Crippen LogP contribution in [0.3, 0.4) is 0 Å². The number of hydrogen-bond acceptors (Lipinski definition) is 4. The van der Waals surface area contributed by atoms with E-state index in [2.05, 4.69) is 15.9 Å². The molecule has 0 saturated carbocycles. The first-order valence-electron chi connectivity index (χ1n) is 11.6. The molecule has 0 radical (unpaired) electrons. The Morgan fingerprint density at radius 3 is 2.38 bits per heavy atom. The van der Waals surface area contributed by atoms with Crippen molar-refractivity contribution < 1.29 is 13.9 Å². The number of methoxy groups -OCH3 is 1. The highest BCUT2D eigenvalue weighted by molar-refractivity contribution is 6.08. The molecular formula is C28H28FN3O2. The molecule has 174 valence electrons. The van der Waals surface area contributed by atoms with Gasteiger partial charge in [0, 0.05) is 62.0 Å². The highest BCUT2D eigenvalue weighted by Gasteiger charge is 2.21. The number of piperazine rings is 1. The zero-order valence-corrected chi connectivity index (χ0v) is 19.3. The van der Waals surface area contributed by atoms with Gasteiger partial charge in [-0.05, 0) is 42.5 Å². The number of ketones is 1. The predicted octanol–water partition coefficient (Wildman–Crippen LogP) is 5.17. The van der Waals surface area contributed by atoms with Crippen molar-refractivity contribution in [3.63, 3.8) is 0 Å². The number of carbonyl (C=O) groups excluding carboxylic acids is 1. The van der Waals surface area contributed by atoms with E-state index in [-0.39, 0.29) is 11.6 Å². The lowest BCUT2D eigenvalue weighted by Gasteiger charge is -2.36. The average molecular weight is 458 g/mol. The van der Waals surface area contributed by atoms with E-state index < -0.39 is 0 Å². The van der Waals surface area contributed by atoms with E-state index in [4.69, 9.17) is 4.74 Å². The molecule has 0 bridgehead atoms. The second-order valence-electron chi connectivity index (χ2n) is 8.58. The summed E-state index contributed by atoms with van der Waals surface area (Å²) in [4.78, 5) is 17.9. The normalized spacial score (nSPS) is 14.5. The van der Waals surface area contributed by atoms with Gasteiger partial charge in [0.25, 0.3) is 0 Å². The second-order valence-corrected chi connectivity index (χ2v) is 8.58. The van der Waals surface area contributed by atoms with E-state index in [0.717, 1.165) is 60.8 Å². The van der Waals surface area contributed by atoms with Crippen molar-refractivity contribution in [1.29, 1.82) is 0 Å².